The van der Waals surface area contributed by atoms with Gasteiger partial charge in [-0.15, -0.1) is 11.3 Å². The fourth-order valence-electron chi connectivity index (χ4n) is 3.37. The Bertz CT molecular complexity index is 644. The molecule has 0 bridgehead atoms. The molecule has 134 valence electrons. The Morgan fingerprint density at radius 2 is 1.83 bits per heavy atom. The van der Waals surface area contributed by atoms with Gasteiger partial charge in [0.15, 0.2) is 0 Å². The minimum atomic E-state index is -3.39. The lowest BCUT2D eigenvalue weighted by molar-refractivity contribution is -0.127. The van der Waals surface area contributed by atoms with Gasteiger partial charge in [-0.1, -0.05) is 6.07 Å². The fraction of sp³-hybridized carbons (Fsp3) is 0.688. The number of sulfonamides is 1. The summed E-state index contributed by atoms with van der Waals surface area (Å²) in [5.41, 5.74) is 0. The lowest BCUT2D eigenvalue weighted by Gasteiger charge is -2.33. The zero-order valence-electron chi connectivity index (χ0n) is 14.0. The molecular formula is C16H25N3O3S2. The van der Waals surface area contributed by atoms with E-state index in [1.54, 1.807) is 17.5 Å². The molecule has 0 unspecified atom stereocenters. The first-order valence-electron chi connectivity index (χ1n) is 8.49. The molecule has 2 aliphatic rings. The van der Waals surface area contributed by atoms with Crippen LogP contribution < -0.4 is 5.32 Å². The van der Waals surface area contributed by atoms with Gasteiger partial charge in [-0.05, 0) is 57.3 Å². The van der Waals surface area contributed by atoms with E-state index in [1.807, 2.05) is 0 Å². The molecule has 2 fully saturated rings. The second kappa shape index (κ2) is 7.51. The number of hydrogen-bond donors (Lipinski definition) is 1. The normalized spacial score (nSPS) is 22.5. The summed E-state index contributed by atoms with van der Waals surface area (Å²) < 4.78 is 26.9. The Balaban J connectivity index is 1.51. The highest BCUT2D eigenvalue weighted by Gasteiger charge is 2.33. The third-order valence-electron chi connectivity index (χ3n) is 4.98. The average Bonchev–Trinajstić information content (AvgIpc) is 3.12. The van der Waals surface area contributed by atoms with E-state index < -0.39 is 10.0 Å². The number of nitrogens with one attached hydrogen (secondary N) is 1. The third kappa shape index (κ3) is 3.99. The molecule has 0 radical (unpaired) electrons. The minimum Gasteiger partial charge on any atom is -0.353 e. The zero-order valence-corrected chi connectivity index (χ0v) is 15.6. The SMILES string of the molecule is CN1CCC(NC(=O)C2CCN(S(=O)(=O)c3cccs3)CC2)CC1. The lowest BCUT2D eigenvalue weighted by Crippen LogP contribution is -2.48. The summed E-state index contributed by atoms with van der Waals surface area (Å²) in [6, 6.07) is 3.65. The Hall–Kier alpha value is -0.960. The molecule has 8 heteroatoms. The van der Waals surface area contributed by atoms with Crippen molar-refractivity contribution in [3.8, 4) is 0 Å². The van der Waals surface area contributed by atoms with E-state index in [2.05, 4.69) is 17.3 Å². The van der Waals surface area contributed by atoms with Crippen LogP contribution in [0, 0.1) is 5.92 Å². The molecule has 1 aromatic heterocycles. The van der Waals surface area contributed by atoms with Crippen LogP contribution in [0.15, 0.2) is 21.7 Å². The van der Waals surface area contributed by atoms with Crippen LogP contribution in [-0.4, -0.2) is 62.8 Å². The second-order valence-electron chi connectivity index (χ2n) is 6.70. The predicted octanol–water partition coefficient (Wildman–Crippen LogP) is 1.36. The monoisotopic (exact) mass is 371 g/mol. The molecule has 24 heavy (non-hydrogen) atoms. The zero-order chi connectivity index (χ0) is 17.2. The summed E-state index contributed by atoms with van der Waals surface area (Å²) in [5, 5.41) is 4.93. The number of piperidine rings is 2. The van der Waals surface area contributed by atoms with Crippen molar-refractivity contribution >= 4 is 27.3 Å². The molecule has 3 heterocycles. The van der Waals surface area contributed by atoms with Crippen LogP contribution in [-0.2, 0) is 14.8 Å². The quantitative estimate of drug-likeness (QED) is 0.868. The third-order valence-corrected chi connectivity index (χ3v) is 8.25. The number of hydrogen-bond acceptors (Lipinski definition) is 5. The number of rotatable bonds is 4. The van der Waals surface area contributed by atoms with Gasteiger partial charge in [0.1, 0.15) is 4.21 Å². The maximum Gasteiger partial charge on any atom is 0.252 e. The molecule has 1 amide bonds. The topological polar surface area (TPSA) is 69.7 Å². The first-order valence-corrected chi connectivity index (χ1v) is 10.8. The van der Waals surface area contributed by atoms with Crippen LogP contribution in [0.1, 0.15) is 25.7 Å². The number of nitrogens with zero attached hydrogens (tertiary/aromatic N) is 2. The smallest absolute Gasteiger partial charge is 0.252 e. The van der Waals surface area contributed by atoms with Crippen molar-refractivity contribution in [3.05, 3.63) is 17.5 Å². The molecule has 0 spiro atoms. The van der Waals surface area contributed by atoms with E-state index in [-0.39, 0.29) is 17.9 Å². The summed E-state index contributed by atoms with van der Waals surface area (Å²) in [6.45, 7) is 2.88. The molecule has 0 aliphatic carbocycles. The van der Waals surface area contributed by atoms with E-state index in [0.717, 1.165) is 25.9 Å². The van der Waals surface area contributed by atoms with E-state index >= 15 is 0 Å². The summed E-state index contributed by atoms with van der Waals surface area (Å²) in [7, 11) is -1.29. The first-order chi connectivity index (χ1) is 11.5. The van der Waals surface area contributed by atoms with Crippen LogP contribution in [0.25, 0.3) is 0 Å². The van der Waals surface area contributed by atoms with Gasteiger partial charge in [-0.3, -0.25) is 4.79 Å². The van der Waals surface area contributed by atoms with Crippen molar-refractivity contribution in [1.29, 1.82) is 0 Å². The predicted molar refractivity (Wildman–Crippen MR) is 94.5 cm³/mol. The van der Waals surface area contributed by atoms with Crippen molar-refractivity contribution in [1.82, 2.24) is 14.5 Å². The molecule has 1 N–H and O–H groups in total. The molecule has 0 aromatic carbocycles. The van der Waals surface area contributed by atoms with Gasteiger partial charge < -0.3 is 10.2 Å². The number of thiophene rings is 1. The van der Waals surface area contributed by atoms with Gasteiger partial charge in [0.05, 0.1) is 0 Å². The molecule has 3 rings (SSSR count). The van der Waals surface area contributed by atoms with Crippen molar-refractivity contribution < 1.29 is 13.2 Å². The highest BCUT2D eigenvalue weighted by Crippen LogP contribution is 2.26. The highest BCUT2D eigenvalue weighted by atomic mass is 32.2. The van der Waals surface area contributed by atoms with Crippen molar-refractivity contribution in [2.75, 3.05) is 33.2 Å². The molecule has 1 aromatic rings. The molecule has 0 saturated carbocycles. The standard InChI is InChI=1S/C16H25N3O3S2/c1-18-8-6-14(7-9-18)17-16(20)13-4-10-19(11-5-13)24(21,22)15-3-2-12-23-15/h2-3,12-14H,4-11H2,1H3,(H,17,20). The largest absolute Gasteiger partial charge is 0.353 e. The Morgan fingerprint density at radius 3 is 2.42 bits per heavy atom. The van der Waals surface area contributed by atoms with Crippen LogP contribution in [0.3, 0.4) is 0 Å². The van der Waals surface area contributed by atoms with E-state index in [9.17, 15) is 13.2 Å². The minimum absolute atomic E-state index is 0.0700. The van der Waals surface area contributed by atoms with E-state index in [4.69, 9.17) is 0 Å². The Labute approximate surface area is 147 Å². The summed E-state index contributed by atoms with van der Waals surface area (Å²) in [5.74, 6) is 0.0252. The highest BCUT2D eigenvalue weighted by molar-refractivity contribution is 7.91. The molecule has 2 saturated heterocycles. The molecule has 6 nitrogen and oxygen atoms in total. The van der Waals surface area contributed by atoms with Gasteiger partial charge in [0.2, 0.25) is 5.91 Å². The van der Waals surface area contributed by atoms with Crippen LogP contribution >= 0.6 is 11.3 Å². The number of carbonyl (C=O) groups is 1. The lowest BCUT2D eigenvalue weighted by atomic mass is 9.96. The average molecular weight is 372 g/mol. The summed E-state index contributed by atoms with van der Waals surface area (Å²) in [6.07, 6.45) is 3.19. The maximum absolute atomic E-state index is 12.5. The van der Waals surface area contributed by atoms with Gasteiger partial charge in [-0.25, -0.2) is 8.42 Å². The molecule has 2 aliphatic heterocycles. The van der Waals surface area contributed by atoms with E-state index in [1.165, 1.54) is 15.6 Å². The fourth-order valence-corrected chi connectivity index (χ4v) is 5.98. The number of carbonyl (C=O) groups excluding carboxylic acids is 1. The Morgan fingerprint density at radius 1 is 1.17 bits per heavy atom. The molecular weight excluding hydrogens is 346 g/mol. The number of likely N-dealkylation sites (tertiary alicyclic amines) is 1. The van der Waals surface area contributed by atoms with Crippen LogP contribution in [0.5, 0.6) is 0 Å². The Kier molecular flexibility index (Phi) is 5.59. The summed E-state index contributed by atoms with van der Waals surface area (Å²) >= 11 is 1.24. The second-order valence-corrected chi connectivity index (χ2v) is 9.81. The van der Waals surface area contributed by atoms with Gasteiger partial charge in [0, 0.05) is 25.0 Å². The maximum atomic E-state index is 12.5. The van der Waals surface area contributed by atoms with Gasteiger partial charge in [0.25, 0.3) is 10.0 Å². The van der Waals surface area contributed by atoms with Crippen molar-refractivity contribution in [3.63, 3.8) is 0 Å². The van der Waals surface area contributed by atoms with Crippen LogP contribution in [0.4, 0.5) is 0 Å². The molecule has 0 atom stereocenters. The van der Waals surface area contributed by atoms with Crippen molar-refractivity contribution in [2.24, 2.45) is 5.92 Å². The number of amides is 1. The van der Waals surface area contributed by atoms with E-state index in [0.29, 0.717) is 30.1 Å². The van der Waals surface area contributed by atoms with Gasteiger partial charge >= 0.3 is 0 Å². The van der Waals surface area contributed by atoms with Crippen LogP contribution in [0.2, 0.25) is 0 Å². The first kappa shape index (κ1) is 17.8. The van der Waals surface area contributed by atoms with Gasteiger partial charge in [-0.2, -0.15) is 4.31 Å². The van der Waals surface area contributed by atoms with Crippen molar-refractivity contribution in [2.45, 2.75) is 35.9 Å². The summed E-state index contributed by atoms with van der Waals surface area (Å²) in [4.78, 5) is 14.7.